The highest BCUT2D eigenvalue weighted by molar-refractivity contribution is 5.77. The molecule has 0 radical (unpaired) electrons. The highest BCUT2D eigenvalue weighted by Gasteiger charge is 2.37. The van der Waals surface area contributed by atoms with Crippen LogP contribution in [0.15, 0.2) is 0 Å². The summed E-state index contributed by atoms with van der Waals surface area (Å²) in [6, 6.07) is -0.276. The first-order chi connectivity index (χ1) is 9.99. The van der Waals surface area contributed by atoms with E-state index in [1.807, 2.05) is 4.90 Å². The highest BCUT2D eigenvalue weighted by Crippen LogP contribution is 2.25. The van der Waals surface area contributed by atoms with Gasteiger partial charge in [0, 0.05) is 12.6 Å². The van der Waals surface area contributed by atoms with E-state index >= 15 is 0 Å². The Kier molecular flexibility index (Phi) is 5.45. The van der Waals surface area contributed by atoms with E-state index in [9.17, 15) is 9.59 Å². The fraction of sp³-hybridized carbons (Fsp3) is 0.867. The minimum atomic E-state index is -0.908. The van der Waals surface area contributed by atoms with E-state index in [2.05, 4.69) is 19.2 Å². The number of carboxylic acid groups (broad SMARTS) is 1. The SMILES string of the molecule is CC(C)CN(C(=O)NC1COCC1C(=O)O)C1CCCC1. The van der Waals surface area contributed by atoms with Crippen molar-refractivity contribution < 1.29 is 19.4 Å². The number of carboxylic acids is 1. The van der Waals surface area contributed by atoms with Crippen LogP contribution in [0.1, 0.15) is 39.5 Å². The summed E-state index contributed by atoms with van der Waals surface area (Å²) in [6.45, 7) is 5.35. The Morgan fingerprint density at radius 1 is 1.29 bits per heavy atom. The van der Waals surface area contributed by atoms with Gasteiger partial charge in [-0.25, -0.2) is 4.79 Å². The molecule has 1 heterocycles. The second-order valence-corrected chi connectivity index (χ2v) is 6.52. The number of ether oxygens (including phenoxy) is 1. The fourth-order valence-corrected chi connectivity index (χ4v) is 3.19. The number of rotatable bonds is 5. The average molecular weight is 298 g/mol. The van der Waals surface area contributed by atoms with Gasteiger partial charge in [0.25, 0.3) is 0 Å². The second-order valence-electron chi connectivity index (χ2n) is 6.52. The molecular formula is C15H26N2O4. The first-order valence-electron chi connectivity index (χ1n) is 7.86. The molecule has 2 rings (SSSR count). The molecule has 2 amide bonds. The first-order valence-corrected chi connectivity index (χ1v) is 7.86. The standard InChI is InChI=1S/C15H26N2O4/c1-10(2)7-17(11-5-3-4-6-11)15(20)16-13-9-21-8-12(13)14(18)19/h10-13H,3-9H2,1-2H3,(H,16,20)(H,18,19). The lowest BCUT2D eigenvalue weighted by Gasteiger charge is -2.32. The van der Waals surface area contributed by atoms with Crippen molar-refractivity contribution in [2.45, 2.75) is 51.6 Å². The van der Waals surface area contributed by atoms with Gasteiger partial charge in [-0.3, -0.25) is 4.79 Å². The number of hydrogen-bond donors (Lipinski definition) is 2. The number of carbonyl (C=O) groups excluding carboxylic acids is 1. The van der Waals surface area contributed by atoms with Gasteiger partial charge in [-0.1, -0.05) is 26.7 Å². The predicted molar refractivity (Wildman–Crippen MR) is 78.1 cm³/mol. The molecule has 2 fully saturated rings. The molecule has 1 saturated carbocycles. The van der Waals surface area contributed by atoms with Gasteiger partial charge in [0.15, 0.2) is 0 Å². The molecule has 6 nitrogen and oxygen atoms in total. The minimum absolute atomic E-state index is 0.141. The number of urea groups is 1. The van der Waals surface area contributed by atoms with Crippen molar-refractivity contribution in [1.29, 1.82) is 0 Å². The smallest absolute Gasteiger partial charge is 0.317 e. The number of carbonyl (C=O) groups is 2. The Morgan fingerprint density at radius 3 is 2.52 bits per heavy atom. The summed E-state index contributed by atoms with van der Waals surface area (Å²) >= 11 is 0. The Balaban J connectivity index is 1.98. The zero-order valence-electron chi connectivity index (χ0n) is 12.9. The van der Waals surface area contributed by atoms with Crippen LogP contribution < -0.4 is 5.32 Å². The van der Waals surface area contributed by atoms with Gasteiger partial charge in [0.2, 0.25) is 0 Å². The van der Waals surface area contributed by atoms with E-state index in [1.165, 1.54) is 0 Å². The van der Waals surface area contributed by atoms with E-state index in [0.29, 0.717) is 12.5 Å². The van der Waals surface area contributed by atoms with Crippen LogP contribution in [0.5, 0.6) is 0 Å². The van der Waals surface area contributed by atoms with Gasteiger partial charge >= 0.3 is 12.0 Å². The molecule has 0 spiro atoms. The van der Waals surface area contributed by atoms with Gasteiger partial charge in [-0.05, 0) is 18.8 Å². The van der Waals surface area contributed by atoms with Gasteiger partial charge in [0.05, 0.1) is 19.3 Å². The number of hydrogen-bond acceptors (Lipinski definition) is 3. The highest BCUT2D eigenvalue weighted by atomic mass is 16.5. The second kappa shape index (κ2) is 7.11. The summed E-state index contributed by atoms with van der Waals surface area (Å²) in [5, 5.41) is 12.0. The molecule has 2 atom stereocenters. The molecule has 1 aliphatic carbocycles. The third-order valence-electron chi connectivity index (χ3n) is 4.29. The normalized spacial score (nSPS) is 26.2. The molecule has 2 aliphatic rings. The molecule has 1 aliphatic heterocycles. The van der Waals surface area contributed by atoms with Crippen LogP contribution in [0.2, 0.25) is 0 Å². The minimum Gasteiger partial charge on any atom is -0.481 e. The number of amides is 2. The van der Waals surface area contributed by atoms with E-state index in [4.69, 9.17) is 9.84 Å². The number of aliphatic carboxylic acids is 1. The van der Waals surface area contributed by atoms with Crippen molar-refractivity contribution >= 4 is 12.0 Å². The predicted octanol–water partition coefficient (Wildman–Crippen LogP) is 1.70. The van der Waals surface area contributed by atoms with Crippen molar-refractivity contribution in [3.63, 3.8) is 0 Å². The summed E-state index contributed by atoms with van der Waals surface area (Å²) in [6.07, 6.45) is 4.42. The molecule has 0 bridgehead atoms. The van der Waals surface area contributed by atoms with Crippen LogP contribution in [-0.2, 0) is 9.53 Å². The molecule has 21 heavy (non-hydrogen) atoms. The van der Waals surface area contributed by atoms with Crippen molar-refractivity contribution in [2.24, 2.45) is 11.8 Å². The lowest BCUT2D eigenvalue weighted by Crippen LogP contribution is -2.52. The lowest BCUT2D eigenvalue weighted by atomic mass is 10.0. The van der Waals surface area contributed by atoms with Crippen LogP contribution in [0, 0.1) is 11.8 Å². The summed E-state index contributed by atoms with van der Waals surface area (Å²) < 4.78 is 5.20. The fourth-order valence-electron chi connectivity index (χ4n) is 3.19. The maximum Gasteiger partial charge on any atom is 0.317 e. The van der Waals surface area contributed by atoms with Crippen LogP contribution >= 0.6 is 0 Å². The maximum absolute atomic E-state index is 12.6. The maximum atomic E-state index is 12.6. The van der Waals surface area contributed by atoms with Gasteiger partial charge < -0.3 is 20.1 Å². The Labute approximate surface area is 125 Å². The van der Waals surface area contributed by atoms with Crippen molar-refractivity contribution in [2.75, 3.05) is 19.8 Å². The van der Waals surface area contributed by atoms with Gasteiger partial charge in [-0.15, -0.1) is 0 Å². The molecule has 0 aromatic rings. The molecule has 2 N–H and O–H groups in total. The zero-order chi connectivity index (χ0) is 15.4. The largest absolute Gasteiger partial charge is 0.481 e. The Bertz CT molecular complexity index is 380. The van der Waals surface area contributed by atoms with Crippen LogP contribution in [0.25, 0.3) is 0 Å². The first kappa shape index (κ1) is 16.1. The summed E-state index contributed by atoms with van der Waals surface area (Å²) in [5.41, 5.74) is 0. The molecular weight excluding hydrogens is 272 g/mol. The van der Waals surface area contributed by atoms with Crippen LogP contribution in [0.4, 0.5) is 4.79 Å². The van der Waals surface area contributed by atoms with E-state index < -0.39 is 17.9 Å². The van der Waals surface area contributed by atoms with Crippen molar-refractivity contribution in [1.82, 2.24) is 10.2 Å². The summed E-state index contributed by atoms with van der Waals surface area (Å²) in [4.78, 5) is 25.6. The van der Waals surface area contributed by atoms with E-state index in [0.717, 1.165) is 25.7 Å². The lowest BCUT2D eigenvalue weighted by molar-refractivity contribution is -0.142. The number of nitrogens with zero attached hydrogens (tertiary/aromatic N) is 1. The monoisotopic (exact) mass is 298 g/mol. The molecule has 2 unspecified atom stereocenters. The zero-order valence-corrected chi connectivity index (χ0v) is 12.9. The van der Waals surface area contributed by atoms with Crippen LogP contribution in [0.3, 0.4) is 0 Å². The van der Waals surface area contributed by atoms with E-state index in [-0.39, 0.29) is 25.3 Å². The molecule has 0 aromatic carbocycles. The van der Waals surface area contributed by atoms with Crippen molar-refractivity contribution in [3.8, 4) is 0 Å². The van der Waals surface area contributed by atoms with Gasteiger partial charge in [0.1, 0.15) is 5.92 Å². The average Bonchev–Trinajstić information content (AvgIpc) is 3.06. The Hall–Kier alpha value is -1.30. The topological polar surface area (TPSA) is 78.9 Å². The van der Waals surface area contributed by atoms with Crippen LogP contribution in [-0.4, -0.2) is 53.8 Å². The van der Waals surface area contributed by atoms with E-state index in [1.54, 1.807) is 0 Å². The molecule has 0 aromatic heterocycles. The number of nitrogens with one attached hydrogen (secondary N) is 1. The third-order valence-corrected chi connectivity index (χ3v) is 4.29. The molecule has 1 saturated heterocycles. The Morgan fingerprint density at radius 2 is 1.95 bits per heavy atom. The van der Waals surface area contributed by atoms with Crippen molar-refractivity contribution in [3.05, 3.63) is 0 Å². The molecule has 120 valence electrons. The van der Waals surface area contributed by atoms with Gasteiger partial charge in [-0.2, -0.15) is 0 Å². The summed E-state index contributed by atoms with van der Waals surface area (Å²) in [7, 11) is 0. The quantitative estimate of drug-likeness (QED) is 0.809. The molecule has 6 heteroatoms. The third kappa shape index (κ3) is 4.09. The summed E-state index contributed by atoms with van der Waals surface area (Å²) in [5.74, 6) is -1.15.